The van der Waals surface area contributed by atoms with Crippen LogP contribution < -0.4 is 5.32 Å². The molecule has 1 aromatic heterocycles. The number of hydrogen-bond acceptors (Lipinski definition) is 6. The molecular weight excluding hydrogens is 224 g/mol. The molecule has 2 heterocycles. The first-order valence-electron chi connectivity index (χ1n) is 5.65. The molecule has 1 saturated heterocycles. The maximum absolute atomic E-state index is 11.8. The lowest BCUT2D eigenvalue weighted by atomic mass is 10.2. The van der Waals surface area contributed by atoms with Crippen molar-refractivity contribution in [2.75, 3.05) is 26.7 Å². The van der Waals surface area contributed by atoms with E-state index in [2.05, 4.69) is 15.5 Å². The van der Waals surface area contributed by atoms with Gasteiger partial charge in [-0.15, -0.1) is 0 Å². The minimum Gasteiger partial charge on any atom is -0.395 e. The molecule has 17 heavy (non-hydrogen) atoms. The Morgan fingerprint density at radius 3 is 3.18 bits per heavy atom. The van der Waals surface area contributed by atoms with Crippen molar-refractivity contribution in [1.29, 1.82) is 0 Å². The predicted octanol–water partition coefficient (Wildman–Crippen LogP) is -0.442. The highest BCUT2D eigenvalue weighted by Crippen LogP contribution is 2.21. The van der Waals surface area contributed by atoms with Crippen molar-refractivity contribution in [2.24, 2.45) is 0 Å². The monoisotopic (exact) mass is 240 g/mol. The highest BCUT2D eigenvalue weighted by atomic mass is 16.5. The molecule has 0 saturated carbocycles. The highest BCUT2D eigenvalue weighted by molar-refractivity contribution is 5.90. The van der Waals surface area contributed by atoms with Crippen LogP contribution in [0.1, 0.15) is 35.4 Å². The molecule has 0 radical (unpaired) electrons. The second-order valence-electron chi connectivity index (χ2n) is 4.06. The normalized spacial score (nSPS) is 19.5. The lowest BCUT2D eigenvalue weighted by molar-refractivity contribution is 0.0751. The fourth-order valence-corrected chi connectivity index (χ4v) is 1.78. The quantitative estimate of drug-likeness (QED) is 0.741. The summed E-state index contributed by atoms with van der Waals surface area (Å²) in [4.78, 5) is 17.2. The topological polar surface area (TPSA) is 91.5 Å². The number of amides is 1. The Labute approximate surface area is 98.8 Å². The summed E-state index contributed by atoms with van der Waals surface area (Å²) in [5.74, 6) is 0.167. The van der Waals surface area contributed by atoms with Gasteiger partial charge in [0.2, 0.25) is 5.89 Å². The molecule has 0 aromatic carbocycles. The zero-order valence-corrected chi connectivity index (χ0v) is 9.72. The Morgan fingerprint density at radius 2 is 2.53 bits per heavy atom. The maximum Gasteiger partial charge on any atom is 0.295 e. The number of hydrogen-bond donors (Lipinski definition) is 2. The molecule has 1 aromatic rings. The number of aromatic nitrogens is 2. The fourth-order valence-electron chi connectivity index (χ4n) is 1.78. The number of nitrogens with one attached hydrogen (secondary N) is 1. The minimum atomic E-state index is -0.341. The Kier molecular flexibility index (Phi) is 3.70. The van der Waals surface area contributed by atoms with E-state index < -0.39 is 0 Å². The van der Waals surface area contributed by atoms with Crippen molar-refractivity contribution in [3.8, 4) is 0 Å². The number of carbonyl (C=O) groups excluding carboxylic acids is 1. The third kappa shape index (κ3) is 2.62. The summed E-state index contributed by atoms with van der Waals surface area (Å²) >= 11 is 0. The van der Waals surface area contributed by atoms with Gasteiger partial charge in [0.15, 0.2) is 0 Å². The van der Waals surface area contributed by atoms with Gasteiger partial charge in [0.1, 0.15) is 0 Å². The average Bonchev–Trinajstić information content (AvgIpc) is 2.98. The summed E-state index contributed by atoms with van der Waals surface area (Å²) in [6.07, 6.45) is 2.02. The number of nitrogens with zero attached hydrogens (tertiary/aromatic N) is 3. The molecule has 1 amide bonds. The smallest absolute Gasteiger partial charge is 0.295 e. The van der Waals surface area contributed by atoms with Crippen molar-refractivity contribution >= 4 is 5.91 Å². The molecule has 0 spiro atoms. The van der Waals surface area contributed by atoms with E-state index in [1.165, 1.54) is 4.90 Å². The second-order valence-corrected chi connectivity index (χ2v) is 4.06. The van der Waals surface area contributed by atoms with Gasteiger partial charge in [0.25, 0.3) is 11.7 Å². The van der Waals surface area contributed by atoms with Gasteiger partial charge in [-0.05, 0) is 19.4 Å². The number of aliphatic hydroxyl groups is 1. The van der Waals surface area contributed by atoms with E-state index >= 15 is 0 Å². The Balaban J connectivity index is 2.04. The minimum absolute atomic E-state index is 0.0460. The molecule has 0 bridgehead atoms. The van der Waals surface area contributed by atoms with Crippen LogP contribution in [0.3, 0.4) is 0 Å². The van der Waals surface area contributed by atoms with Crippen LogP contribution in [0.25, 0.3) is 0 Å². The van der Waals surface area contributed by atoms with Crippen LogP contribution in [0, 0.1) is 0 Å². The summed E-state index contributed by atoms with van der Waals surface area (Å²) in [6, 6.07) is 0.0622. The van der Waals surface area contributed by atoms with E-state index in [4.69, 9.17) is 9.63 Å². The summed E-state index contributed by atoms with van der Waals surface area (Å²) in [6.45, 7) is 1.10. The van der Waals surface area contributed by atoms with E-state index in [-0.39, 0.29) is 30.9 Å². The summed E-state index contributed by atoms with van der Waals surface area (Å²) in [7, 11) is 1.59. The fraction of sp³-hybridized carbons (Fsp3) is 0.700. The van der Waals surface area contributed by atoms with E-state index in [9.17, 15) is 4.79 Å². The van der Waals surface area contributed by atoms with Crippen LogP contribution in [-0.4, -0.2) is 52.8 Å². The number of rotatable bonds is 4. The largest absolute Gasteiger partial charge is 0.395 e. The lowest BCUT2D eigenvalue weighted by Gasteiger charge is -2.12. The molecule has 1 aliphatic rings. The SMILES string of the molecule is CN(CCO)C(=O)c1noc(C2CCCN2)n1. The first-order valence-corrected chi connectivity index (χ1v) is 5.65. The molecule has 2 N–H and O–H groups in total. The number of likely N-dealkylation sites (N-methyl/N-ethyl adjacent to an activating group) is 1. The van der Waals surface area contributed by atoms with Crippen LogP contribution in [0.15, 0.2) is 4.52 Å². The molecule has 1 fully saturated rings. The van der Waals surface area contributed by atoms with Gasteiger partial charge in [0.05, 0.1) is 12.6 Å². The van der Waals surface area contributed by atoms with Gasteiger partial charge in [-0.2, -0.15) is 4.98 Å². The van der Waals surface area contributed by atoms with Gasteiger partial charge in [0, 0.05) is 13.6 Å². The third-order valence-corrected chi connectivity index (χ3v) is 2.77. The van der Waals surface area contributed by atoms with Gasteiger partial charge < -0.3 is 19.8 Å². The zero-order valence-electron chi connectivity index (χ0n) is 9.72. The molecular formula is C10H16N4O3. The van der Waals surface area contributed by atoms with Gasteiger partial charge in [-0.3, -0.25) is 4.79 Å². The van der Waals surface area contributed by atoms with Gasteiger partial charge in [-0.1, -0.05) is 5.16 Å². The van der Waals surface area contributed by atoms with Crippen molar-refractivity contribution in [2.45, 2.75) is 18.9 Å². The molecule has 1 unspecified atom stereocenters. The van der Waals surface area contributed by atoms with Crippen molar-refractivity contribution < 1.29 is 14.4 Å². The second kappa shape index (κ2) is 5.24. The van der Waals surface area contributed by atoms with Crippen LogP contribution >= 0.6 is 0 Å². The first kappa shape index (κ1) is 12.0. The molecule has 7 heteroatoms. The third-order valence-electron chi connectivity index (χ3n) is 2.77. The Bertz CT molecular complexity index is 387. The van der Waals surface area contributed by atoms with Crippen LogP contribution in [0.4, 0.5) is 0 Å². The zero-order chi connectivity index (χ0) is 12.3. The van der Waals surface area contributed by atoms with E-state index in [0.717, 1.165) is 19.4 Å². The van der Waals surface area contributed by atoms with Crippen LogP contribution in [0.2, 0.25) is 0 Å². The summed E-state index contributed by atoms with van der Waals surface area (Å²) in [5, 5.41) is 15.6. The lowest BCUT2D eigenvalue weighted by Crippen LogP contribution is -2.30. The first-order chi connectivity index (χ1) is 8.22. The molecule has 0 aliphatic carbocycles. The Hall–Kier alpha value is -1.47. The van der Waals surface area contributed by atoms with Crippen molar-refractivity contribution in [3.05, 3.63) is 11.7 Å². The maximum atomic E-state index is 11.8. The van der Waals surface area contributed by atoms with E-state index in [0.29, 0.717) is 5.89 Å². The molecule has 94 valence electrons. The molecule has 1 atom stereocenters. The summed E-state index contributed by atoms with van der Waals surface area (Å²) in [5.41, 5.74) is 0. The highest BCUT2D eigenvalue weighted by Gasteiger charge is 2.25. The van der Waals surface area contributed by atoms with Crippen LogP contribution in [-0.2, 0) is 0 Å². The van der Waals surface area contributed by atoms with Crippen LogP contribution in [0.5, 0.6) is 0 Å². The standard InChI is InChI=1S/C10H16N4O3/c1-14(5-6-15)10(16)8-12-9(17-13-8)7-3-2-4-11-7/h7,11,15H,2-6H2,1H3. The van der Waals surface area contributed by atoms with Gasteiger partial charge >= 0.3 is 0 Å². The number of carbonyl (C=O) groups is 1. The molecule has 1 aliphatic heterocycles. The molecule has 7 nitrogen and oxygen atoms in total. The predicted molar refractivity (Wildman–Crippen MR) is 58.3 cm³/mol. The van der Waals surface area contributed by atoms with Crippen molar-refractivity contribution in [3.63, 3.8) is 0 Å². The summed E-state index contributed by atoms with van der Waals surface area (Å²) < 4.78 is 5.06. The van der Waals surface area contributed by atoms with E-state index in [1.54, 1.807) is 7.05 Å². The Morgan fingerprint density at radius 1 is 1.71 bits per heavy atom. The van der Waals surface area contributed by atoms with Gasteiger partial charge in [-0.25, -0.2) is 0 Å². The average molecular weight is 240 g/mol. The van der Waals surface area contributed by atoms with E-state index in [1.807, 2.05) is 0 Å². The van der Waals surface area contributed by atoms with Crippen molar-refractivity contribution in [1.82, 2.24) is 20.4 Å². The molecule has 2 rings (SSSR count). The number of aliphatic hydroxyl groups excluding tert-OH is 1.